The smallest absolute Gasteiger partial charge is 0.306 e. The molecule has 0 aliphatic carbocycles. The standard InChI is InChI=1S/C46H80NO9P/c1-6-8-10-12-14-16-18-20-21-22-24-26-28-30-32-36-46(49)55-42(41-54-57(50,51)53-39-38-47(3,4)5)40-52-45(48)37-33-35-44-43(56-44)34-31-29-27-25-23-19-17-15-13-11-9-7-2/h14-17,20-21,23,25,29,31,42-44H,6-13,18-19,22,24,26-28,30,32-41H2,1-5H3/b16-14-,17-15-,21-20-,25-23-,31-29-/t42-,43?,44?/m1/s1. The number of carbonyl (C=O) groups is 2. The van der Waals surface area contributed by atoms with Crippen LogP contribution in [0.1, 0.15) is 155 Å². The van der Waals surface area contributed by atoms with Gasteiger partial charge in [0, 0.05) is 12.8 Å². The van der Waals surface area contributed by atoms with Gasteiger partial charge in [-0.2, -0.15) is 0 Å². The Bertz CT molecular complexity index is 1220. The van der Waals surface area contributed by atoms with Crippen molar-refractivity contribution in [3.8, 4) is 0 Å². The molecule has 328 valence electrons. The number of likely N-dealkylation sites (N-methyl/N-ethyl adjacent to an activating group) is 1. The highest BCUT2D eigenvalue weighted by atomic mass is 31.2. The average molecular weight is 822 g/mol. The van der Waals surface area contributed by atoms with Gasteiger partial charge in [-0.25, -0.2) is 0 Å². The molecule has 0 aromatic rings. The van der Waals surface area contributed by atoms with E-state index in [9.17, 15) is 19.0 Å². The number of phosphoric ester groups is 1. The molecule has 10 nitrogen and oxygen atoms in total. The van der Waals surface area contributed by atoms with E-state index in [-0.39, 0.29) is 38.3 Å². The molecule has 1 rings (SSSR count). The molecular weight excluding hydrogens is 741 g/mol. The van der Waals surface area contributed by atoms with Gasteiger partial charge in [-0.05, 0) is 83.5 Å². The molecule has 1 heterocycles. The second kappa shape index (κ2) is 34.5. The van der Waals surface area contributed by atoms with E-state index in [4.69, 9.17) is 23.3 Å². The van der Waals surface area contributed by atoms with E-state index in [1.165, 1.54) is 51.4 Å². The number of esters is 2. The fourth-order valence-electron chi connectivity index (χ4n) is 5.83. The van der Waals surface area contributed by atoms with Crippen LogP contribution in [0.2, 0.25) is 0 Å². The van der Waals surface area contributed by atoms with Crippen molar-refractivity contribution in [2.75, 3.05) is 47.5 Å². The number of rotatable bonds is 38. The summed E-state index contributed by atoms with van der Waals surface area (Å²) in [7, 11) is 1.10. The molecule has 57 heavy (non-hydrogen) atoms. The van der Waals surface area contributed by atoms with E-state index < -0.39 is 32.5 Å². The van der Waals surface area contributed by atoms with Crippen LogP contribution >= 0.6 is 7.82 Å². The highest BCUT2D eigenvalue weighted by molar-refractivity contribution is 7.45. The molecule has 1 saturated heterocycles. The molecule has 0 radical (unpaired) electrons. The zero-order valence-corrected chi connectivity index (χ0v) is 37.4. The molecule has 4 atom stereocenters. The lowest BCUT2D eigenvalue weighted by Gasteiger charge is -2.28. The Kier molecular flexibility index (Phi) is 31.9. The van der Waals surface area contributed by atoms with E-state index >= 15 is 0 Å². The molecule has 0 aromatic carbocycles. The largest absolute Gasteiger partial charge is 0.756 e. The van der Waals surface area contributed by atoms with Gasteiger partial charge in [-0.1, -0.05) is 120 Å². The molecule has 1 fully saturated rings. The zero-order valence-electron chi connectivity index (χ0n) is 36.5. The summed E-state index contributed by atoms with van der Waals surface area (Å²) < 4.78 is 39.6. The number of ether oxygens (including phenoxy) is 3. The number of hydrogen-bond donors (Lipinski definition) is 0. The Balaban J connectivity index is 2.36. The normalized spacial score (nSPS) is 17.7. The fraction of sp³-hybridized carbons (Fsp3) is 0.739. The van der Waals surface area contributed by atoms with Gasteiger partial charge in [0.25, 0.3) is 7.82 Å². The lowest BCUT2D eigenvalue weighted by atomic mass is 10.1. The van der Waals surface area contributed by atoms with Crippen molar-refractivity contribution in [3.63, 3.8) is 0 Å². The van der Waals surface area contributed by atoms with Gasteiger partial charge in [0.2, 0.25) is 0 Å². The molecule has 3 unspecified atom stereocenters. The van der Waals surface area contributed by atoms with Crippen molar-refractivity contribution in [3.05, 3.63) is 60.8 Å². The van der Waals surface area contributed by atoms with Crippen molar-refractivity contribution >= 4 is 19.8 Å². The molecule has 0 bridgehead atoms. The van der Waals surface area contributed by atoms with Gasteiger partial charge in [0.05, 0.1) is 40.0 Å². The maximum Gasteiger partial charge on any atom is 0.306 e. The monoisotopic (exact) mass is 822 g/mol. The summed E-state index contributed by atoms with van der Waals surface area (Å²) in [6, 6.07) is 0. The van der Waals surface area contributed by atoms with Gasteiger partial charge >= 0.3 is 11.9 Å². The minimum Gasteiger partial charge on any atom is -0.756 e. The summed E-state index contributed by atoms with van der Waals surface area (Å²) in [6.07, 6.45) is 42.6. The summed E-state index contributed by atoms with van der Waals surface area (Å²) in [5.41, 5.74) is 0. The topological polar surface area (TPSA) is 124 Å². The van der Waals surface area contributed by atoms with Gasteiger partial charge in [0.1, 0.15) is 19.8 Å². The van der Waals surface area contributed by atoms with E-state index in [0.717, 1.165) is 64.2 Å². The summed E-state index contributed by atoms with van der Waals surface area (Å²) in [6.45, 7) is 4.05. The number of carbonyl (C=O) groups excluding carboxylic acids is 2. The van der Waals surface area contributed by atoms with Crippen LogP contribution in [0.15, 0.2) is 60.8 Å². The van der Waals surface area contributed by atoms with E-state index in [2.05, 4.69) is 74.6 Å². The quantitative estimate of drug-likeness (QED) is 0.0149. The molecule has 0 aromatic heterocycles. The predicted octanol–water partition coefficient (Wildman–Crippen LogP) is 10.8. The summed E-state index contributed by atoms with van der Waals surface area (Å²) in [4.78, 5) is 37.6. The van der Waals surface area contributed by atoms with Crippen LogP contribution in [0, 0.1) is 0 Å². The van der Waals surface area contributed by atoms with Crippen LogP contribution in [-0.4, -0.2) is 82.2 Å². The molecule has 11 heteroatoms. The highest BCUT2D eigenvalue weighted by Gasteiger charge is 2.36. The minimum absolute atomic E-state index is 0.0485. The molecule has 1 aliphatic rings. The third-order valence-electron chi connectivity index (χ3n) is 9.43. The van der Waals surface area contributed by atoms with Gasteiger partial charge in [-0.15, -0.1) is 0 Å². The summed E-state index contributed by atoms with van der Waals surface area (Å²) in [5.74, 6) is -0.932. The van der Waals surface area contributed by atoms with Gasteiger partial charge in [-0.3, -0.25) is 14.2 Å². The Morgan fingerprint density at radius 3 is 1.77 bits per heavy atom. The second-order valence-corrected chi connectivity index (χ2v) is 17.5. The molecule has 0 spiro atoms. The van der Waals surface area contributed by atoms with Crippen molar-refractivity contribution in [1.82, 2.24) is 0 Å². The first-order valence-corrected chi connectivity index (χ1v) is 23.6. The van der Waals surface area contributed by atoms with Crippen LogP contribution in [0.3, 0.4) is 0 Å². The number of allylic oxidation sites excluding steroid dienone is 9. The third-order valence-corrected chi connectivity index (χ3v) is 10.4. The number of nitrogens with zero attached hydrogens (tertiary/aromatic N) is 1. The van der Waals surface area contributed by atoms with Crippen LogP contribution in [0.25, 0.3) is 0 Å². The maximum atomic E-state index is 12.7. The second-order valence-electron chi connectivity index (χ2n) is 16.1. The van der Waals surface area contributed by atoms with E-state index in [1.54, 1.807) is 0 Å². The maximum absolute atomic E-state index is 12.7. The van der Waals surface area contributed by atoms with E-state index in [1.807, 2.05) is 21.1 Å². The Hall–Kier alpha value is -2.33. The van der Waals surface area contributed by atoms with Crippen molar-refractivity contribution in [1.29, 1.82) is 0 Å². The lowest BCUT2D eigenvalue weighted by Crippen LogP contribution is -2.37. The molecule has 0 N–H and O–H groups in total. The van der Waals surface area contributed by atoms with Crippen LogP contribution < -0.4 is 4.89 Å². The first-order valence-electron chi connectivity index (χ1n) is 22.1. The number of hydrogen-bond acceptors (Lipinski definition) is 9. The van der Waals surface area contributed by atoms with Crippen molar-refractivity contribution in [2.45, 2.75) is 173 Å². The highest BCUT2D eigenvalue weighted by Crippen LogP contribution is 2.38. The molecule has 0 saturated carbocycles. The average Bonchev–Trinajstić information content (AvgIpc) is 3.91. The zero-order chi connectivity index (χ0) is 41.9. The number of unbranched alkanes of at least 4 members (excludes halogenated alkanes) is 11. The Morgan fingerprint density at radius 2 is 1.18 bits per heavy atom. The SMILES string of the molecule is CCCCC/C=C\C/C=C\C/C=C\CC1OC1CCCC(=O)OC[C@H](COP(=O)([O-])OCC[N+](C)(C)C)OC(=O)CCCCCCC/C=C\C/C=C\CCCCC. The number of epoxide rings is 1. The molecule has 0 amide bonds. The van der Waals surface area contributed by atoms with Crippen molar-refractivity contribution in [2.24, 2.45) is 0 Å². The van der Waals surface area contributed by atoms with Crippen molar-refractivity contribution < 1.29 is 46.8 Å². The predicted molar refractivity (Wildman–Crippen MR) is 231 cm³/mol. The first kappa shape index (κ1) is 52.7. The summed E-state index contributed by atoms with van der Waals surface area (Å²) >= 11 is 0. The Morgan fingerprint density at radius 1 is 0.649 bits per heavy atom. The fourth-order valence-corrected chi connectivity index (χ4v) is 6.56. The number of phosphoric acid groups is 1. The van der Waals surface area contributed by atoms with Crippen LogP contribution in [0.4, 0.5) is 0 Å². The molecule has 1 aliphatic heterocycles. The first-order chi connectivity index (χ1) is 27.5. The minimum atomic E-state index is -4.65. The van der Waals surface area contributed by atoms with Gasteiger partial charge in [0.15, 0.2) is 6.10 Å². The third kappa shape index (κ3) is 35.3. The Labute approximate surface area is 347 Å². The van der Waals surface area contributed by atoms with Gasteiger partial charge < -0.3 is 32.6 Å². The van der Waals surface area contributed by atoms with Crippen LogP contribution in [0.5, 0.6) is 0 Å². The summed E-state index contributed by atoms with van der Waals surface area (Å²) in [5, 5.41) is 0. The van der Waals surface area contributed by atoms with E-state index in [0.29, 0.717) is 23.9 Å². The molecular formula is C46H80NO9P. The number of quaternary nitrogens is 1. The van der Waals surface area contributed by atoms with Crippen LogP contribution in [-0.2, 0) is 37.4 Å². The lowest BCUT2D eigenvalue weighted by molar-refractivity contribution is -0.870.